The van der Waals surface area contributed by atoms with E-state index in [-0.39, 0.29) is 6.04 Å². The van der Waals surface area contributed by atoms with Crippen molar-refractivity contribution in [1.82, 2.24) is 10.0 Å². The molecular weight excluding hydrogens is 236 g/mol. The number of nitrogens with one attached hydrogen (secondary N) is 2. The Kier molecular flexibility index (Phi) is 3.17. The highest BCUT2D eigenvalue weighted by Crippen LogP contribution is 2.42. The van der Waals surface area contributed by atoms with E-state index in [1.807, 2.05) is 0 Å². The lowest BCUT2D eigenvalue weighted by Gasteiger charge is -2.21. The summed E-state index contributed by atoms with van der Waals surface area (Å²) < 4.78 is 27.0. The fraction of sp³-hybridized carbons (Fsp3) is 1.00. The summed E-state index contributed by atoms with van der Waals surface area (Å²) in [5, 5.41) is 3.28. The van der Waals surface area contributed by atoms with Crippen LogP contribution in [0.5, 0.6) is 0 Å². The zero-order chi connectivity index (χ0) is 11.9. The second-order valence-corrected chi connectivity index (χ2v) is 7.71. The summed E-state index contributed by atoms with van der Waals surface area (Å²) in [6, 6.07) is 0.241. The third-order valence-corrected chi connectivity index (χ3v) is 6.13. The molecule has 2 N–H and O–H groups in total. The van der Waals surface area contributed by atoms with Gasteiger partial charge in [0.15, 0.2) is 0 Å². The number of hydrogen-bond donors (Lipinski definition) is 2. The van der Waals surface area contributed by atoms with Gasteiger partial charge >= 0.3 is 0 Å². The second kappa shape index (κ2) is 4.52. The SMILES string of the molecule is O=S(=O)(CC1CCCCC1)NC1C2CNCC21. The van der Waals surface area contributed by atoms with Gasteiger partial charge in [-0.05, 0) is 43.7 Å². The summed E-state index contributed by atoms with van der Waals surface area (Å²) in [6.07, 6.45) is 5.89. The maximum Gasteiger partial charge on any atom is 0.212 e. The van der Waals surface area contributed by atoms with E-state index < -0.39 is 10.0 Å². The second-order valence-electron chi connectivity index (χ2n) is 5.92. The van der Waals surface area contributed by atoms with Crippen molar-refractivity contribution in [1.29, 1.82) is 0 Å². The van der Waals surface area contributed by atoms with Crippen LogP contribution in [0.1, 0.15) is 32.1 Å². The fourth-order valence-corrected chi connectivity index (χ4v) is 5.33. The topological polar surface area (TPSA) is 58.2 Å². The number of rotatable bonds is 4. The van der Waals surface area contributed by atoms with Crippen LogP contribution in [0.2, 0.25) is 0 Å². The first-order chi connectivity index (χ1) is 8.16. The van der Waals surface area contributed by atoms with Crippen molar-refractivity contribution in [3.63, 3.8) is 0 Å². The minimum absolute atomic E-state index is 0.241. The van der Waals surface area contributed by atoms with Crippen molar-refractivity contribution >= 4 is 10.0 Å². The Balaban J connectivity index is 1.51. The van der Waals surface area contributed by atoms with Crippen molar-refractivity contribution in [2.24, 2.45) is 17.8 Å². The molecule has 0 aromatic heterocycles. The van der Waals surface area contributed by atoms with E-state index >= 15 is 0 Å². The van der Waals surface area contributed by atoms with Gasteiger partial charge < -0.3 is 5.32 Å². The van der Waals surface area contributed by atoms with Gasteiger partial charge in [-0.25, -0.2) is 13.1 Å². The molecule has 1 saturated heterocycles. The molecule has 17 heavy (non-hydrogen) atoms. The van der Waals surface area contributed by atoms with E-state index in [0.717, 1.165) is 25.9 Å². The van der Waals surface area contributed by atoms with Gasteiger partial charge in [-0.15, -0.1) is 0 Å². The first-order valence-electron chi connectivity index (χ1n) is 6.86. The zero-order valence-corrected chi connectivity index (χ0v) is 11.0. The largest absolute Gasteiger partial charge is 0.316 e. The minimum atomic E-state index is -3.04. The lowest BCUT2D eigenvalue weighted by atomic mass is 9.91. The van der Waals surface area contributed by atoms with Crippen LogP contribution in [0.4, 0.5) is 0 Å². The molecule has 1 aliphatic heterocycles. The molecule has 0 amide bonds. The van der Waals surface area contributed by atoms with Gasteiger partial charge in [0, 0.05) is 6.04 Å². The summed E-state index contributed by atoms with van der Waals surface area (Å²) in [4.78, 5) is 0. The Labute approximate surface area is 104 Å². The standard InChI is InChI=1S/C12H22N2O2S/c15-17(16,8-9-4-2-1-3-5-9)14-12-10-6-13-7-11(10)12/h9-14H,1-8H2. The van der Waals surface area contributed by atoms with Crippen molar-refractivity contribution in [3.8, 4) is 0 Å². The molecule has 0 bridgehead atoms. The Morgan fingerprint density at radius 2 is 1.71 bits per heavy atom. The summed E-state index contributed by atoms with van der Waals surface area (Å²) in [6.45, 7) is 1.97. The van der Waals surface area contributed by atoms with Gasteiger partial charge in [0.25, 0.3) is 0 Å². The third-order valence-electron chi connectivity index (χ3n) is 4.59. The van der Waals surface area contributed by atoms with Gasteiger partial charge in [0.05, 0.1) is 5.75 Å². The molecular formula is C12H22N2O2S. The third kappa shape index (κ3) is 2.66. The van der Waals surface area contributed by atoms with Crippen LogP contribution >= 0.6 is 0 Å². The Morgan fingerprint density at radius 1 is 1.06 bits per heavy atom. The summed E-state index contributed by atoms with van der Waals surface area (Å²) in [5.41, 5.74) is 0. The molecule has 4 nitrogen and oxygen atoms in total. The molecule has 3 rings (SSSR count). The summed E-state index contributed by atoms with van der Waals surface area (Å²) >= 11 is 0. The van der Waals surface area contributed by atoms with Crippen LogP contribution < -0.4 is 10.0 Å². The zero-order valence-electron chi connectivity index (χ0n) is 10.2. The molecule has 0 spiro atoms. The van der Waals surface area contributed by atoms with Crippen LogP contribution in [-0.2, 0) is 10.0 Å². The van der Waals surface area contributed by atoms with Crippen molar-refractivity contribution in [2.45, 2.75) is 38.1 Å². The highest BCUT2D eigenvalue weighted by Gasteiger charge is 2.54. The van der Waals surface area contributed by atoms with Gasteiger partial charge in [-0.2, -0.15) is 0 Å². The maximum absolute atomic E-state index is 12.0. The average molecular weight is 258 g/mol. The van der Waals surface area contributed by atoms with E-state index in [1.54, 1.807) is 0 Å². The monoisotopic (exact) mass is 258 g/mol. The van der Waals surface area contributed by atoms with E-state index in [9.17, 15) is 8.42 Å². The number of sulfonamides is 1. The lowest BCUT2D eigenvalue weighted by molar-refractivity contribution is 0.383. The van der Waals surface area contributed by atoms with Gasteiger partial charge in [0.1, 0.15) is 0 Å². The maximum atomic E-state index is 12.0. The molecule has 1 heterocycles. The van der Waals surface area contributed by atoms with Crippen LogP contribution in [0.3, 0.4) is 0 Å². The lowest BCUT2D eigenvalue weighted by Crippen LogP contribution is -2.36. The molecule has 5 heteroatoms. The molecule has 0 aromatic rings. The summed E-state index contributed by atoms with van der Waals surface area (Å²) in [5.74, 6) is 1.89. The molecule has 3 aliphatic rings. The highest BCUT2D eigenvalue weighted by molar-refractivity contribution is 7.89. The van der Waals surface area contributed by atoms with E-state index in [1.165, 1.54) is 19.3 Å². The molecule has 3 fully saturated rings. The van der Waals surface area contributed by atoms with Crippen molar-refractivity contribution in [2.75, 3.05) is 18.8 Å². The van der Waals surface area contributed by atoms with Crippen LogP contribution in [0.25, 0.3) is 0 Å². The van der Waals surface area contributed by atoms with E-state index in [2.05, 4.69) is 10.0 Å². The Morgan fingerprint density at radius 3 is 2.35 bits per heavy atom. The Hall–Kier alpha value is -0.130. The predicted octanol–water partition coefficient (Wildman–Crippen LogP) is 0.704. The Bertz CT molecular complexity index is 356. The first-order valence-corrected chi connectivity index (χ1v) is 8.52. The molecule has 2 aliphatic carbocycles. The highest BCUT2D eigenvalue weighted by atomic mass is 32.2. The van der Waals surface area contributed by atoms with Crippen LogP contribution in [-0.4, -0.2) is 33.3 Å². The molecule has 0 aromatic carbocycles. The molecule has 2 unspecified atom stereocenters. The average Bonchev–Trinajstić information content (AvgIpc) is 2.75. The molecule has 98 valence electrons. The smallest absolute Gasteiger partial charge is 0.212 e. The molecule has 0 radical (unpaired) electrons. The summed E-state index contributed by atoms with van der Waals surface area (Å²) in [7, 11) is -3.04. The van der Waals surface area contributed by atoms with E-state index in [0.29, 0.717) is 23.5 Å². The minimum Gasteiger partial charge on any atom is -0.316 e. The van der Waals surface area contributed by atoms with Gasteiger partial charge in [-0.1, -0.05) is 19.3 Å². The van der Waals surface area contributed by atoms with Crippen LogP contribution in [0.15, 0.2) is 0 Å². The van der Waals surface area contributed by atoms with E-state index in [4.69, 9.17) is 0 Å². The number of hydrogen-bond acceptors (Lipinski definition) is 3. The number of fused-ring (bicyclic) bond motifs is 1. The molecule has 2 atom stereocenters. The van der Waals surface area contributed by atoms with Gasteiger partial charge in [-0.3, -0.25) is 0 Å². The van der Waals surface area contributed by atoms with Gasteiger partial charge in [0.2, 0.25) is 10.0 Å². The fourth-order valence-electron chi connectivity index (χ4n) is 3.51. The van der Waals surface area contributed by atoms with Crippen LogP contribution in [0, 0.1) is 17.8 Å². The first kappa shape index (κ1) is 11.9. The predicted molar refractivity (Wildman–Crippen MR) is 67.1 cm³/mol. The number of piperidine rings is 1. The normalized spacial score (nSPS) is 38.0. The quantitative estimate of drug-likeness (QED) is 0.780. The molecule has 2 saturated carbocycles. The van der Waals surface area contributed by atoms with Crippen molar-refractivity contribution in [3.05, 3.63) is 0 Å². The van der Waals surface area contributed by atoms with Crippen molar-refractivity contribution < 1.29 is 8.42 Å².